The van der Waals surface area contributed by atoms with Crippen molar-refractivity contribution in [2.75, 3.05) is 5.32 Å². The normalized spacial score (nSPS) is 25.4. The van der Waals surface area contributed by atoms with Gasteiger partial charge in [-0.05, 0) is 43.5 Å². The van der Waals surface area contributed by atoms with Gasteiger partial charge in [0.2, 0.25) is 0 Å². The monoisotopic (exact) mass is 253 g/mol. The molecule has 2 N–H and O–H groups in total. The van der Waals surface area contributed by atoms with Crippen LogP contribution in [0.5, 0.6) is 0 Å². The van der Waals surface area contributed by atoms with Crippen molar-refractivity contribution in [1.82, 2.24) is 0 Å². The number of aliphatic hydroxyl groups is 1. The van der Waals surface area contributed by atoms with Crippen LogP contribution in [-0.4, -0.2) is 17.3 Å². The molecule has 0 bridgehead atoms. The van der Waals surface area contributed by atoms with Crippen LogP contribution in [0.25, 0.3) is 0 Å². The van der Waals surface area contributed by atoms with E-state index in [4.69, 9.17) is 11.6 Å². The minimum Gasteiger partial charge on any atom is -0.391 e. The number of aryl methyl sites for hydroxylation is 1. The number of nitrogens with one attached hydrogen (secondary N) is 1. The molecule has 1 fully saturated rings. The van der Waals surface area contributed by atoms with Gasteiger partial charge in [0.25, 0.3) is 0 Å². The molecule has 2 atom stereocenters. The minimum absolute atomic E-state index is 0.178. The molecule has 17 heavy (non-hydrogen) atoms. The number of aliphatic hydroxyl groups excluding tert-OH is 1. The average Bonchev–Trinajstić information content (AvgIpc) is 2.48. The summed E-state index contributed by atoms with van der Waals surface area (Å²) < 4.78 is 0. The summed E-state index contributed by atoms with van der Waals surface area (Å²) in [6.45, 7) is 2.04. The largest absolute Gasteiger partial charge is 0.391 e. The molecule has 1 aromatic rings. The fourth-order valence-corrected chi connectivity index (χ4v) is 2.67. The summed E-state index contributed by atoms with van der Waals surface area (Å²) in [6.07, 6.45) is 5.29. The first kappa shape index (κ1) is 12.7. The van der Waals surface area contributed by atoms with Gasteiger partial charge >= 0.3 is 0 Å². The van der Waals surface area contributed by atoms with Gasteiger partial charge in [-0.25, -0.2) is 0 Å². The maximum atomic E-state index is 10.1. The highest BCUT2D eigenvalue weighted by molar-refractivity contribution is 6.30. The van der Waals surface area contributed by atoms with Crippen molar-refractivity contribution in [3.05, 3.63) is 28.8 Å². The van der Waals surface area contributed by atoms with E-state index in [1.807, 2.05) is 25.1 Å². The van der Waals surface area contributed by atoms with Crippen molar-refractivity contribution < 1.29 is 5.11 Å². The van der Waals surface area contributed by atoms with E-state index in [-0.39, 0.29) is 12.1 Å². The van der Waals surface area contributed by atoms with E-state index in [9.17, 15) is 5.11 Å². The Hall–Kier alpha value is -0.730. The maximum absolute atomic E-state index is 10.1. The van der Waals surface area contributed by atoms with Crippen LogP contribution in [0.3, 0.4) is 0 Å². The van der Waals surface area contributed by atoms with Gasteiger partial charge in [0.05, 0.1) is 12.1 Å². The zero-order valence-electron chi connectivity index (χ0n) is 10.2. The molecule has 94 valence electrons. The van der Waals surface area contributed by atoms with Gasteiger partial charge in [0, 0.05) is 10.7 Å². The summed E-state index contributed by atoms with van der Waals surface area (Å²) in [6, 6.07) is 6.01. The topological polar surface area (TPSA) is 32.3 Å². The zero-order chi connectivity index (χ0) is 12.3. The highest BCUT2D eigenvalue weighted by Crippen LogP contribution is 2.25. The van der Waals surface area contributed by atoms with Crippen molar-refractivity contribution in [3.8, 4) is 0 Å². The molecule has 2 nitrogen and oxygen atoms in total. The molecule has 1 aromatic carbocycles. The van der Waals surface area contributed by atoms with Gasteiger partial charge in [0.15, 0.2) is 0 Å². The molecule has 0 aromatic heterocycles. The van der Waals surface area contributed by atoms with Gasteiger partial charge in [-0.3, -0.25) is 0 Å². The van der Waals surface area contributed by atoms with Crippen molar-refractivity contribution in [2.24, 2.45) is 0 Å². The van der Waals surface area contributed by atoms with E-state index in [2.05, 4.69) is 5.32 Å². The van der Waals surface area contributed by atoms with Crippen molar-refractivity contribution in [2.45, 2.75) is 51.2 Å². The first-order valence-electron chi connectivity index (χ1n) is 6.37. The van der Waals surface area contributed by atoms with Crippen LogP contribution in [0, 0.1) is 6.92 Å². The van der Waals surface area contributed by atoms with E-state index in [1.165, 1.54) is 12.8 Å². The van der Waals surface area contributed by atoms with Crippen molar-refractivity contribution in [1.29, 1.82) is 0 Å². The van der Waals surface area contributed by atoms with Crippen LogP contribution in [0.2, 0.25) is 5.02 Å². The molecule has 0 aliphatic heterocycles. The lowest BCUT2D eigenvalue weighted by Crippen LogP contribution is -2.32. The molecule has 0 spiro atoms. The molecule has 0 saturated heterocycles. The first-order valence-corrected chi connectivity index (χ1v) is 6.75. The average molecular weight is 254 g/mol. The van der Waals surface area contributed by atoms with Crippen molar-refractivity contribution >= 4 is 17.3 Å². The fourth-order valence-electron chi connectivity index (χ4n) is 2.45. The van der Waals surface area contributed by atoms with E-state index < -0.39 is 0 Å². The zero-order valence-corrected chi connectivity index (χ0v) is 11.0. The summed E-state index contributed by atoms with van der Waals surface area (Å²) in [4.78, 5) is 0. The standard InChI is InChI=1S/C14H20ClNO/c1-10-9-11(15)7-8-12(10)16-13-5-3-2-4-6-14(13)17/h7-9,13-14,16-17H,2-6H2,1H3. The molecule has 2 rings (SSSR count). The van der Waals surface area contributed by atoms with Gasteiger partial charge < -0.3 is 10.4 Å². The lowest BCUT2D eigenvalue weighted by molar-refractivity contribution is 0.144. The molecule has 0 amide bonds. The molecule has 2 unspecified atom stereocenters. The molecule has 1 aliphatic carbocycles. The van der Waals surface area contributed by atoms with Gasteiger partial charge in [-0.2, -0.15) is 0 Å². The Morgan fingerprint density at radius 3 is 2.76 bits per heavy atom. The molecular formula is C14H20ClNO. The summed E-state index contributed by atoms with van der Waals surface area (Å²) >= 11 is 5.94. The van der Waals surface area contributed by atoms with E-state index in [1.54, 1.807) is 0 Å². The molecule has 0 radical (unpaired) electrons. The maximum Gasteiger partial charge on any atom is 0.0741 e. The fraction of sp³-hybridized carbons (Fsp3) is 0.571. The second kappa shape index (κ2) is 5.74. The van der Waals surface area contributed by atoms with Crippen LogP contribution < -0.4 is 5.32 Å². The van der Waals surface area contributed by atoms with Crippen molar-refractivity contribution in [3.63, 3.8) is 0 Å². The second-order valence-electron chi connectivity index (χ2n) is 4.92. The third-order valence-electron chi connectivity index (χ3n) is 3.51. The summed E-state index contributed by atoms with van der Waals surface area (Å²) in [5.41, 5.74) is 2.22. The predicted octanol–water partition coefficient (Wildman–Crippen LogP) is 3.75. The Labute approximate surface area is 108 Å². The van der Waals surface area contributed by atoms with Crippen LogP contribution in [0.1, 0.15) is 37.7 Å². The predicted molar refractivity (Wildman–Crippen MR) is 72.7 cm³/mol. The third-order valence-corrected chi connectivity index (χ3v) is 3.74. The van der Waals surface area contributed by atoms with E-state index in [0.29, 0.717) is 0 Å². The Morgan fingerprint density at radius 1 is 1.24 bits per heavy atom. The molecule has 1 aliphatic rings. The summed E-state index contributed by atoms with van der Waals surface area (Å²) in [5.74, 6) is 0. The minimum atomic E-state index is -0.229. The van der Waals surface area contributed by atoms with E-state index in [0.717, 1.165) is 35.5 Å². The second-order valence-corrected chi connectivity index (χ2v) is 5.35. The number of anilines is 1. The van der Waals surface area contributed by atoms with Crippen LogP contribution >= 0.6 is 11.6 Å². The molecule has 3 heteroatoms. The van der Waals surface area contributed by atoms with Gasteiger partial charge in [-0.1, -0.05) is 30.9 Å². The lowest BCUT2D eigenvalue weighted by atomic mass is 10.0. The quantitative estimate of drug-likeness (QED) is 0.787. The first-order chi connectivity index (χ1) is 8.16. The molecule has 0 heterocycles. The van der Waals surface area contributed by atoms with Crippen LogP contribution in [0.4, 0.5) is 5.69 Å². The lowest BCUT2D eigenvalue weighted by Gasteiger charge is -2.24. The van der Waals surface area contributed by atoms with E-state index >= 15 is 0 Å². The number of hydrogen-bond donors (Lipinski definition) is 2. The van der Waals surface area contributed by atoms with Gasteiger partial charge in [0.1, 0.15) is 0 Å². The smallest absolute Gasteiger partial charge is 0.0741 e. The summed E-state index contributed by atoms with van der Waals surface area (Å²) in [7, 11) is 0. The number of hydrogen-bond acceptors (Lipinski definition) is 2. The number of halogens is 1. The molecular weight excluding hydrogens is 234 g/mol. The summed E-state index contributed by atoms with van der Waals surface area (Å²) in [5, 5.41) is 14.3. The SMILES string of the molecule is Cc1cc(Cl)ccc1NC1CCCCCC1O. The Morgan fingerprint density at radius 2 is 2.00 bits per heavy atom. The Kier molecular flexibility index (Phi) is 4.30. The highest BCUT2D eigenvalue weighted by Gasteiger charge is 2.21. The third kappa shape index (κ3) is 3.36. The van der Waals surface area contributed by atoms with Crippen LogP contribution in [0.15, 0.2) is 18.2 Å². The van der Waals surface area contributed by atoms with Crippen LogP contribution in [-0.2, 0) is 0 Å². The molecule has 1 saturated carbocycles. The number of rotatable bonds is 2. The Bertz CT molecular complexity index is 380. The van der Waals surface area contributed by atoms with Gasteiger partial charge in [-0.15, -0.1) is 0 Å². The Balaban J connectivity index is 2.08. The highest BCUT2D eigenvalue weighted by atomic mass is 35.5. The number of benzene rings is 1.